The number of amides is 2. The van der Waals surface area contributed by atoms with E-state index in [2.05, 4.69) is 40.9 Å². The molecule has 0 aliphatic carbocycles. The predicted octanol–water partition coefficient (Wildman–Crippen LogP) is 3.98. The summed E-state index contributed by atoms with van der Waals surface area (Å²) in [6, 6.07) is 9.30. The van der Waals surface area contributed by atoms with Crippen LogP contribution >= 0.6 is 15.9 Å². The molecular weight excluding hydrogens is 605 g/mol. The Kier molecular flexibility index (Phi) is 8.91. The van der Waals surface area contributed by atoms with E-state index in [1.54, 1.807) is 54.2 Å². The van der Waals surface area contributed by atoms with Crippen molar-refractivity contribution in [2.45, 2.75) is 39.5 Å². The molecule has 11 nitrogen and oxygen atoms in total. The molecule has 5 rings (SSSR count). The Balaban J connectivity index is 0.00000370. The minimum Gasteiger partial charge on any atom is -0.755 e. The summed E-state index contributed by atoms with van der Waals surface area (Å²) in [5.74, 6) is -0.136. The Morgan fingerprint density at radius 3 is 2.65 bits per heavy atom. The van der Waals surface area contributed by atoms with Gasteiger partial charge in [-0.25, -0.2) is 19.3 Å². The predicted molar refractivity (Wildman–Crippen MR) is 153 cm³/mol. The van der Waals surface area contributed by atoms with Crippen molar-refractivity contribution < 1.29 is 22.7 Å². The fourth-order valence-electron chi connectivity index (χ4n) is 4.55. The van der Waals surface area contributed by atoms with Crippen molar-refractivity contribution in [3.63, 3.8) is 0 Å². The first-order valence-corrected chi connectivity index (χ1v) is 13.7. The van der Waals surface area contributed by atoms with Crippen molar-refractivity contribution in [3.8, 4) is 11.1 Å². The van der Waals surface area contributed by atoms with Crippen LogP contribution in [0.1, 0.15) is 19.7 Å². The molecule has 3 atom stereocenters. The summed E-state index contributed by atoms with van der Waals surface area (Å²) in [5.41, 5.74) is 2.33. The lowest BCUT2D eigenvalue weighted by Gasteiger charge is -2.24. The van der Waals surface area contributed by atoms with Crippen molar-refractivity contribution in [2.24, 2.45) is 0 Å². The minimum absolute atomic E-state index is 0. The first-order valence-electron chi connectivity index (χ1n) is 11.8. The number of fused-ring (bicyclic) bond motifs is 1. The van der Waals surface area contributed by atoms with Crippen LogP contribution in [-0.4, -0.2) is 63.8 Å². The molecule has 1 aliphatic heterocycles. The lowest BCUT2D eigenvalue weighted by atomic mass is 10.1. The van der Waals surface area contributed by atoms with Gasteiger partial charge in [-0.1, -0.05) is 19.6 Å². The summed E-state index contributed by atoms with van der Waals surface area (Å²) in [7, 11) is 0. The van der Waals surface area contributed by atoms with Gasteiger partial charge in [0.05, 0.1) is 17.7 Å². The number of anilines is 2. The third-order valence-corrected chi connectivity index (χ3v) is 7.16. The molecule has 1 unspecified atom stereocenters. The summed E-state index contributed by atoms with van der Waals surface area (Å²) in [5, 5.41) is 3.18. The number of nitrogens with zero attached hydrogens (tertiary/aromatic N) is 5. The molecule has 3 aromatic heterocycles. The molecular formula is C26H26BrFN7O4S-. The first-order chi connectivity index (χ1) is 18.7. The highest BCUT2D eigenvalue weighted by atomic mass is 79.9. The van der Waals surface area contributed by atoms with Gasteiger partial charge >= 0.3 is 0 Å². The summed E-state index contributed by atoms with van der Waals surface area (Å²) < 4.78 is 41.8. The van der Waals surface area contributed by atoms with E-state index in [0.717, 1.165) is 11.1 Å². The highest BCUT2D eigenvalue weighted by Gasteiger charge is 2.40. The Hall–Kier alpha value is -3.75. The van der Waals surface area contributed by atoms with Gasteiger partial charge in [-0.15, -0.1) is 0 Å². The molecule has 2 N–H and O–H groups in total. The van der Waals surface area contributed by atoms with Gasteiger partial charge in [0.2, 0.25) is 11.8 Å². The zero-order chi connectivity index (χ0) is 27.7. The smallest absolute Gasteiger partial charge is 0.248 e. The van der Waals surface area contributed by atoms with Gasteiger partial charge in [-0.3, -0.25) is 13.8 Å². The van der Waals surface area contributed by atoms with E-state index in [0.29, 0.717) is 21.3 Å². The van der Waals surface area contributed by atoms with Gasteiger partial charge in [0.1, 0.15) is 35.0 Å². The largest absolute Gasteiger partial charge is 0.755 e. The second-order valence-corrected chi connectivity index (χ2v) is 10.5. The fourth-order valence-corrected chi connectivity index (χ4v) is 5.24. The van der Waals surface area contributed by atoms with E-state index in [-0.39, 0.29) is 38.4 Å². The Labute approximate surface area is 240 Å². The maximum atomic E-state index is 14.4. The van der Waals surface area contributed by atoms with E-state index in [4.69, 9.17) is 0 Å². The lowest BCUT2D eigenvalue weighted by Crippen LogP contribution is -2.44. The van der Waals surface area contributed by atoms with Crippen molar-refractivity contribution in [3.05, 3.63) is 65.4 Å². The standard InChI is InChI=1S/C25H23BrFN7O4S.CH4/c1-14-28-9-16(10-29-14)15-5-6-20-18(7-15)19(32-39(37)38)12-33(20)13-24(35)34-11-17(27)8-21(34)25(36)31-23-4-2-3-22(26)30-23;/h2-7,9-10,12,17,21,32H,8,11,13H2,1H3,(H,37,38)(H,30,31,36);1H4/p-1/t17-,21+;/m1./s1. The highest BCUT2D eigenvalue weighted by molar-refractivity contribution is 9.10. The maximum absolute atomic E-state index is 14.4. The summed E-state index contributed by atoms with van der Waals surface area (Å²) >= 11 is 0.623. The highest BCUT2D eigenvalue weighted by Crippen LogP contribution is 2.32. The average Bonchev–Trinajstić information content (AvgIpc) is 3.44. The van der Waals surface area contributed by atoms with E-state index >= 15 is 0 Å². The molecule has 1 aliphatic rings. The third-order valence-electron chi connectivity index (χ3n) is 6.33. The molecule has 1 fully saturated rings. The van der Waals surface area contributed by atoms with Crippen LogP contribution in [-0.2, 0) is 27.4 Å². The number of aromatic nitrogens is 4. The number of nitrogens with one attached hydrogen (secondary N) is 2. The van der Waals surface area contributed by atoms with Crippen LogP contribution < -0.4 is 10.0 Å². The molecule has 4 aromatic rings. The van der Waals surface area contributed by atoms with Crippen LogP contribution in [0.3, 0.4) is 0 Å². The van der Waals surface area contributed by atoms with Crippen LogP contribution in [0, 0.1) is 6.92 Å². The van der Waals surface area contributed by atoms with Crippen molar-refractivity contribution in [2.75, 3.05) is 16.6 Å². The SMILES string of the molecule is C.Cc1ncc(-c2ccc3c(c2)c(NS(=O)[O-])cn3CC(=O)N2C[C@H](F)C[C@H]2C(=O)Nc2cccc(Br)n2)cn1. The summed E-state index contributed by atoms with van der Waals surface area (Å²) in [6.45, 7) is 1.31. The molecule has 210 valence electrons. The summed E-state index contributed by atoms with van der Waals surface area (Å²) in [6.07, 6.45) is 3.33. The number of carbonyl (C=O) groups is 2. The third kappa shape index (κ3) is 6.35. The molecule has 2 amide bonds. The number of benzene rings is 1. The number of halogens is 2. The number of pyridine rings is 1. The number of alkyl halides is 1. The quantitative estimate of drug-likeness (QED) is 0.232. The Morgan fingerprint density at radius 2 is 1.95 bits per heavy atom. The van der Waals surface area contributed by atoms with E-state index in [1.165, 1.54) is 11.1 Å². The van der Waals surface area contributed by atoms with Gasteiger partial charge in [0, 0.05) is 47.2 Å². The number of hydrogen-bond acceptors (Lipinski definition) is 7. The number of likely N-dealkylation sites (tertiary alicyclic amines) is 1. The zero-order valence-electron chi connectivity index (χ0n) is 20.5. The van der Waals surface area contributed by atoms with Gasteiger partial charge in [0.25, 0.3) is 0 Å². The second kappa shape index (κ2) is 12.2. The minimum atomic E-state index is -2.61. The molecule has 0 bridgehead atoms. The van der Waals surface area contributed by atoms with E-state index in [1.807, 2.05) is 6.07 Å². The van der Waals surface area contributed by atoms with Gasteiger partial charge in [-0.05, 0) is 52.7 Å². The van der Waals surface area contributed by atoms with Crippen LogP contribution in [0.5, 0.6) is 0 Å². The zero-order valence-corrected chi connectivity index (χ0v) is 22.9. The van der Waals surface area contributed by atoms with Crippen LogP contribution in [0.15, 0.2) is 59.6 Å². The van der Waals surface area contributed by atoms with Crippen molar-refractivity contribution in [1.29, 1.82) is 0 Å². The van der Waals surface area contributed by atoms with Gasteiger partial charge < -0.3 is 24.1 Å². The molecule has 1 saturated heterocycles. The molecule has 0 radical (unpaired) electrons. The molecule has 1 aromatic carbocycles. The normalized spacial score (nSPS) is 17.4. The van der Waals surface area contributed by atoms with E-state index in [9.17, 15) is 22.7 Å². The maximum Gasteiger partial charge on any atom is 0.248 e. The van der Waals surface area contributed by atoms with Crippen LogP contribution in [0.4, 0.5) is 15.9 Å². The van der Waals surface area contributed by atoms with Crippen LogP contribution in [0.25, 0.3) is 22.0 Å². The molecule has 14 heteroatoms. The molecule has 0 saturated carbocycles. The molecule has 40 heavy (non-hydrogen) atoms. The Bertz CT molecular complexity index is 1580. The number of aryl methyl sites for hydroxylation is 1. The number of hydrogen-bond donors (Lipinski definition) is 2. The first kappa shape index (κ1) is 29.2. The van der Waals surface area contributed by atoms with Crippen molar-refractivity contribution in [1.82, 2.24) is 24.4 Å². The topological polar surface area (TPSA) is 145 Å². The van der Waals surface area contributed by atoms with Gasteiger partial charge in [-0.2, -0.15) is 0 Å². The second-order valence-electron chi connectivity index (χ2n) is 8.99. The number of rotatable bonds is 7. The fraction of sp³-hybridized carbons (Fsp3) is 0.269. The monoisotopic (exact) mass is 630 g/mol. The lowest BCUT2D eigenvalue weighted by molar-refractivity contribution is -0.137. The molecule has 4 heterocycles. The molecule has 0 spiro atoms. The average molecular weight is 632 g/mol. The summed E-state index contributed by atoms with van der Waals surface area (Å²) in [4.78, 5) is 40.1. The number of carbonyl (C=O) groups excluding carboxylic acids is 2. The van der Waals surface area contributed by atoms with Crippen LogP contribution in [0.2, 0.25) is 0 Å². The van der Waals surface area contributed by atoms with Gasteiger partial charge in [0.15, 0.2) is 0 Å². The van der Waals surface area contributed by atoms with Crippen molar-refractivity contribution >= 4 is 61.4 Å². The Morgan fingerprint density at radius 1 is 1.20 bits per heavy atom. The van der Waals surface area contributed by atoms with E-state index < -0.39 is 35.3 Å².